The average Bonchev–Trinajstić information content (AvgIpc) is 3.97. The standard InChI is InChI=1S/C44H54N4O2S2Se/c1-3-5-7-9-11-13-15-17-19-21-23-29-27-33-41(51-29)45-39-31-25-26-32-36-35(31)37(43(49)47(33)39)53-38(36)44(50)48-34-28-30(52-42(34)46-40(32)48)24-22-20-18-16-14-12-10-8-6-4-2/h25-28H,3-24H2,1-2H3. The van der Waals surface area contributed by atoms with Gasteiger partial charge in [-0.1, -0.05) is 78.1 Å². The zero-order valence-corrected chi connectivity index (χ0v) is 35.0. The van der Waals surface area contributed by atoms with Crippen molar-refractivity contribution in [3.63, 3.8) is 0 Å². The summed E-state index contributed by atoms with van der Waals surface area (Å²) in [7, 11) is 0. The molecule has 8 rings (SSSR count). The van der Waals surface area contributed by atoms with Crippen molar-refractivity contribution in [2.75, 3.05) is 0 Å². The molecular weight excluding hydrogens is 760 g/mol. The van der Waals surface area contributed by atoms with Crippen LogP contribution in [0.1, 0.15) is 152 Å². The number of fused-ring (bicyclic) bond motifs is 8. The van der Waals surface area contributed by atoms with Gasteiger partial charge in [-0.2, -0.15) is 0 Å². The van der Waals surface area contributed by atoms with Gasteiger partial charge in [0.25, 0.3) is 0 Å². The Hall–Kier alpha value is -2.84. The van der Waals surface area contributed by atoms with Crippen molar-refractivity contribution in [3.05, 3.63) is 54.7 Å². The number of hydrogen-bond donors (Lipinski definition) is 0. The minimum atomic E-state index is -0.381. The van der Waals surface area contributed by atoms with E-state index < -0.39 is 0 Å². The third-order valence-corrected chi connectivity index (χ3v) is 16.1. The Balaban J connectivity index is 0.994. The molecule has 0 fully saturated rings. The molecule has 8 aromatic rings. The number of thiophene rings is 2. The number of pyridine rings is 2. The predicted molar refractivity (Wildman–Crippen MR) is 230 cm³/mol. The summed E-state index contributed by atoms with van der Waals surface area (Å²) in [4.78, 5) is 43.2. The molecule has 7 aromatic heterocycles. The maximum absolute atomic E-state index is 14.3. The zero-order valence-electron chi connectivity index (χ0n) is 31.7. The molecule has 0 unspecified atom stereocenters. The van der Waals surface area contributed by atoms with E-state index in [1.165, 1.54) is 138 Å². The van der Waals surface area contributed by atoms with E-state index in [1.807, 2.05) is 8.80 Å². The number of unbranched alkanes of at least 4 members (excludes halogenated alkanes) is 18. The van der Waals surface area contributed by atoms with Gasteiger partial charge in [0.1, 0.15) is 0 Å². The molecule has 0 radical (unpaired) electrons. The van der Waals surface area contributed by atoms with E-state index in [-0.39, 0.29) is 25.6 Å². The molecule has 0 aliphatic heterocycles. The Morgan fingerprint density at radius 3 is 1.26 bits per heavy atom. The van der Waals surface area contributed by atoms with Crippen molar-refractivity contribution in [1.29, 1.82) is 0 Å². The summed E-state index contributed by atoms with van der Waals surface area (Å²) in [6, 6.07) is 8.64. The van der Waals surface area contributed by atoms with Crippen LogP contribution >= 0.6 is 22.7 Å². The van der Waals surface area contributed by atoms with E-state index >= 15 is 0 Å². The first-order valence-electron chi connectivity index (χ1n) is 20.8. The molecule has 1 aromatic carbocycles. The number of rotatable bonds is 22. The van der Waals surface area contributed by atoms with Crippen LogP contribution in [0.2, 0.25) is 0 Å². The molecule has 280 valence electrons. The quantitative estimate of drug-likeness (QED) is 0.0388. The number of imidazole rings is 2. The van der Waals surface area contributed by atoms with Crippen LogP contribution < -0.4 is 11.1 Å². The predicted octanol–water partition coefficient (Wildman–Crippen LogP) is 12.5. The summed E-state index contributed by atoms with van der Waals surface area (Å²) < 4.78 is 5.27. The van der Waals surface area contributed by atoms with E-state index in [1.54, 1.807) is 22.7 Å². The van der Waals surface area contributed by atoms with Gasteiger partial charge in [-0.15, -0.1) is 0 Å². The average molecular weight is 814 g/mol. The summed E-state index contributed by atoms with van der Waals surface area (Å²) >= 11 is 3.09. The van der Waals surface area contributed by atoms with Gasteiger partial charge in [0, 0.05) is 0 Å². The van der Waals surface area contributed by atoms with Gasteiger partial charge in [0.15, 0.2) is 0 Å². The number of benzene rings is 1. The first kappa shape index (κ1) is 37.1. The van der Waals surface area contributed by atoms with Gasteiger partial charge < -0.3 is 0 Å². The third kappa shape index (κ3) is 7.33. The van der Waals surface area contributed by atoms with Gasteiger partial charge in [0.2, 0.25) is 0 Å². The van der Waals surface area contributed by atoms with E-state index in [2.05, 4.69) is 38.1 Å². The monoisotopic (exact) mass is 814 g/mol. The van der Waals surface area contributed by atoms with Crippen LogP contribution in [-0.2, 0) is 12.8 Å². The van der Waals surface area contributed by atoms with Gasteiger partial charge in [0.05, 0.1) is 0 Å². The van der Waals surface area contributed by atoms with Crippen LogP contribution in [0.15, 0.2) is 33.9 Å². The van der Waals surface area contributed by atoms with Gasteiger partial charge in [-0.3, -0.25) is 0 Å². The first-order valence-corrected chi connectivity index (χ1v) is 24.2. The zero-order chi connectivity index (χ0) is 36.3. The molecule has 0 atom stereocenters. The van der Waals surface area contributed by atoms with Crippen molar-refractivity contribution in [2.24, 2.45) is 0 Å². The number of hydrogen-bond acceptors (Lipinski definition) is 6. The summed E-state index contributed by atoms with van der Waals surface area (Å²) in [5.41, 5.74) is 3.29. The van der Waals surface area contributed by atoms with Crippen molar-refractivity contribution < 1.29 is 0 Å². The molecule has 7 heterocycles. The fourth-order valence-corrected chi connectivity index (χ4v) is 13.2. The van der Waals surface area contributed by atoms with Crippen LogP contribution in [0.3, 0.4) is 0 Å². The SMILES string of the molecule is CCCCCCCCCCCCc1cc2c(nc3c4ccc5c6c([se]c(c(=O)n23)c46)c(=O)n2c3cc(CCCCCCCCCCCC)sc3nc52)s1. The van der Waals surface area contributed by atoms with E-state index in [4.69, 9.17) is 9.97 Å². The second-order valence-electron chi connectivity index (χ2n) is 15.5. The van der Waals surface area contributed by atoms with E-state index in [0.29, 0.717) is 0 Å². The fraction of sp³-hybridized carbons (Fsp3) is 0.545. The Kier molecular flexibility index (Phi) is 11.8. The van der Waals surface area contributed by atoms with Crippen LogP contribution in [0.25, 0.3) is 62.1 Å². The van der Waals surface area contributed by atoms with Crippen LogP contribution in [0.5, 0.6) is 0 Å². The van der Waals surface area contributed by atoms with Gasteiger partial charge >= 0.3 is 250 Å². The summed E-state index contributed by atoms with van der Waals surface area (Å²) in [6.45, 7) is 4.55. The molecular formula is C44H54N4O2S2Se. The van der Waals surface area contributed by atoms with Crippen LogP contribution in [0, 0.1) is 0 Å². The molecule has 0 saturated carbocycles. The van der Waals surface area contributed by atoms with Crippen molar-refractivity contribution in [1.82, 2.24) is 18.8 Å². The molecule has 9 heteroatoms. The molecule has 0 bridgehead atoms. The van der Waals surface area contributed by atoms with Crippen LogP contribution in [0.4, 0.5) is 0 Å². The van der Waals surface area contributed by atoms with E-state index in [0.717, 1.165) is 74.9 Å². The Labute approximate surface area is 326 Å². The topological polar surface area (TPSA) is 68.7 Å². The van der Waals surface area contributed by atoms with Gasteiger partial charge in [-0.25, -0.2) is 0 Å². The molecule has 0 aliphatic rings. The fourth-order valence-electron chi connectivity index (χ4n) is 8.59. The van der Waals surface area contributed by atoms with Crippen molar-refractivity contribution >= 4 is 99.2 Å². The minimum absolute atomic E-state index is 0.00140. The maximum atomic E-state index is 14.3. The second kappa shape index (κ2) is 16.9. The normalized spacial score (nSPS) is 12.6. The van der Waals surface area contributed by atoms with Crippen molar-refractivity contribution in [3.8, 4) is 0 Å². The molecule has 0 saturated heterocycles. The molecule has 0 amide bonds. The third-order valence-electron chi connectivity index (χ3n) is 11.5. The second-order valence-corrected chi connectivity index (χ2v) is 19.9. The number of aromatic nitrogens is 4. The van der Waals surface area contributed by atoms with E-state index in [9.17, 15) is 9.59 Å². The van der Waals surface area contributed by atoms with Gasteiger partial charge in [-0.05, 0) is 0 Å². The Bertz CT molecular complexity index is 2400. The van der Waals surface area contributed by atoms with Crippen molar-refractivity contribution in [2.45, 2.75) is 155 Å². The summed E-state index contributed by atoms with van der Waals surface area (Å²) in [6.07, 6.45) is 28.7. The number of nitrogens with zero attached hydrogens (tertiary/aromatic N) is 4. The Morgan fingerprint density at radius 1 is 0.528 bits per heavy atom. The molecule has 0 spiro atoms. The summed E-state index contributed by atoms with van der Waals surface area (Å²) in [5.74, 6) is 0. The first-order chi connectivity index (χ1) is 26.1. The van der Waals surface area contributed by atoms with Crippen LogP contribution in [-0.4, -0.2) is 33.3 Å². The molecule has 6 nitrogen and oxygen atoms in total. The molecule has 0 N–H and O–H groups in total. The number of aryl methyl sites for hydroxylation is 2. The molecule has 53 heavy (non-hydrogen) atoms. The Morgan fingerprint density at radius 2 is 0.887 bits per heavy atom. The molecule has 0 aliphatic carbocycles. The summed E-state index contributed by atoms with van der Waals surface area (Å²) in [5, 5.41) is 3.82.